The second kappa shape index (κ2) is 14.0. The van der Waals surface area contributed by atoms with Gasteiger partial charge >= 0.3 is 12.2 Å². The lowest BCUT2D eigenvalue weighted by Crippen LogP contribution is -2.58. The summed E-state index contributed by atoms with van der Waals surface area (Å²) in [5, 5.41) is 4.06. The van der Waals surface area contributed by atoms with Crippen molar-refractivity contribution in [3.8, 4) is 0 Å². The lowest BCUT2D eigenvalue weighted by molar-refractivity contribution is -0.141. The molecule has 4 bridgehead atoms. The van der Waals surface area contributed by atoms with Crippen molar-refractivity contribution in [3.63, 3.8) is 0 Å². The first-order valence-electron chi connectivity index (χ1n) is 16.6. The van der Waals surface area contributed by atoms with E-state index < -0.39 is 87.7 Å². The number of hydrogen-bond acceptors (Lipinski definition) is 9. The lowest BCUT2D eigenvalue weighted by Gasteiger charge is -2.29. The highest BCUT2D eigenvalue weighted by molar-refractivity contribution is 7.91. The van der Waals surface area contributed by atoms with Gasteiger partial charge in [0, 0.05) is 25.3 Å². The summed E-state index contributed by atoms with van der Waals surface area (Å²) in [4.78, 5) is 69.5. The average molecular weight is 720 g/mol. The number of ether oxygens (including phenoxy) is 2. The highest BCUT2D eigenvalue weighted by Gasteiger charge is 2.62. The molecule has 270 valence electrons. The molecular weight excluding hydrogens is 680 g/mol. The predicted molar refractivity (Wildman–Crippen MR) is 172 cm³/mol. The van der Waals surface area contributed by atoms with E-state index in [0.29, 0.717) is 25.7 Å². The van der Waals surface area contributed by atoms with Crippen LogP contribution in [0.2, 0.25) is 0 Å². The minimum atomic E-state index is -3.97. The molecule has 5 amide bonds. The van der Waals surface area contributed by atoms with Crippen molar-refractivity contribution in [3.05, 3.63) is 53.6 Å². The van der Waals surface area contributed by atoms with E-state index >= 15 is 0 Å². The number of sulfonamides is 1. The van der Waals surface area contributed by atoms with Crippen LogP contribution in [0.25, 0.3) is 6.08 Å². The van der Waals surface area contributed by atoms with Crippen molar-refractivity contribution < 1.29 is 50.6 Å². The lowest BCUT2D eigenvalue weighted by atomic mass is 10.0. The van der Waals surface area contributed by atoms with Gasteiger partial charge in [-0.05, 0) is 48.8 Å². The average Bonchev–Trinajstić information content (AvgIpc) is 3.95. The SMILES string of the molecule is C=C[C@@H]1C[C@]1(NC(=O)[C@@H]1C[C@@H]2CN1C(=O)[C@H](CC(F)F)NC(=O)OCCC/C=C/c1cccc3c1CN(C3)C(=O)O2)C(=O)NS(=O)(=O)C1CC1. The summed E-state index contributed by atoms with van der Waals surface area (Å²) in [7, 11) is -3.97. The van der Waals surface area contributed by atoms with E-state index in [9.17, 15) is 41.2 Å². The number of alkyl carbamates (subject to hydrolysis) is 1. The van der Waals surface area contributed by atoms with Crippen LogP contribution in [-0.4, -0.2) is 96.7 Å². The molecule has 1 saturated heterocycles. The molecule has 0 radical (unpaired) electrons. The number of benzene rings is 1. The Morgan fingerprint density at radius 3 is 2.66 bits per heavy atom. The van der Waals surface area contributed by atoms with E-state index in [0.717, 1.165) is 21.6 Å². The Balaban J connectivity index is 1.26. The minimum Gasteiger partial charge on any atom is -0.450 e. The Hall–Kier alpha value is -4.54. The molecule has 0 unspecified atom stereocenters. The fourth-order valence-corrected chi connectivity index (χ4v) is 8.07. The number of amides is 5. The molecule has 50 heavy (non-hydrogen) atoms. The van der Waals surface area contributed by atoms with E-state index in [4.69, 9.17) is 9.47 Å². The van der Waals surface area contributed by atoms with Gasteiger partial charge in [0.15, 0.2) is 0 Å². The highest BCUT2D eigenvalue weighted by Crippen LogP contribution is 2.45. The molecule has 3 fully saturated rings. The summed E-state index contributed by atoms with van der Waals surface area (Å²) in [5.41, 5.74) is 1.06. The summed E-state index contributed by atoms with van der Waals surface area (Å²) in [6.07, 6.45) is -0.321. The van der Waals surface area contributed by atoms with E-state index in [1.165, 1.54) is 11.0 Å². The van der Waals surface area contributed by atoms with Gasteiger partial charge < -0.3 is 25.0 Å². The topological polar surface area (TPSA) is 181 Å². The zero-order chi connectivity index (χ0) is 35.8. The summed E-state index contributed by atoms with van der Waals surface area (Å²) in [6, 6.07) is 2.44. The molecule has 3 heterocycles. The van der Waals surface area contributed by atoms with Gasteiger partial charge in [-0.1, -0.05) is 36.4 Å². The smallest absolute Gasteiger partial charge is 0.410 e. The van der Waals surface area contributed by atoms with Crippen LogP contribution in [0.3, 0.4) is 0 Å². The molecule has 1 aromatic rings. The Morgan fingerprint density at radius 2 is 1.96 bits per heavy atom. The summed E-state index contributed by atoms with van der Waals surface area (Å²) < 4.78 is 65.5. The van der Waals surface area contributed by atoms with E-state index in [-0.39, 0.29) is 39.1 Å². The van der Waals surface area contributed by atoms with Crippen LogP contribution in [0.5, 0.6) is 0 Å². The highest BCUT2D eigenvalue weighted by atomic mass is 32.2. The largest absolute Gasteiger partial charge is 0.450 e. The van der Waals surface area contributed by atoms with Gasteiger partial charge in [-0.3, -0.25) is 24.0 Å². The van der Waals surface area contributed by atoms with Gasteiger partial charge in [-0.2, -0.15) is 0 Å². The van der Waals surface area contributed by atoms with Crippen LogP contribution in [0.15, 0.2) is 36.9 Å². The molecule has 2 aliphatic carbocycles. The molecular formula is C33H39F2N5O9S. The number of alkyl halides is 2. The molecule has 0 aromatic heterocycles. The van der Waals surface area contributed by atoms with Gasteiger partial charge in [0.2, 0.25) is 28.3 Å². The Morgan fingerprint density at radius 1 is 1.18 bits per heavy atom. The number of carbonyl (C=O) groups excluding carboxylic acids is 5. The standard InChI is InChI=1S/C33H39F2N5O9S/c1-2-21-15-33(21,30(43)38-50(46,47)23-10-11-23)37-28(41)26-13-22-17-40(26)29(42)25(14-27(34)35)36-31(44)48-12-5-3-4-7-19-8-6-9-20-16-39(18-24(19)20)32(45)49-22/h2,4,6-9,21-23,25-27H,1,3,5,10-18H2,(H,36,44)(H,37,41)(H,38,43)/b7-4+/t21-,22-,25+,26+,33-/m1/s1. The fraction of sp³-hybridized carbons (Fsp3) is 0.545. The van der Waals surface area contributed by atoms with E-state index in [1.54, 1.807) is 0 Å². The summed E-state index contributed by atoms with van der Waals surface area (Å²) in [5.74, 6) is -3.54. The molecule has 5 aliphatic rings. The molecule has 17 heteroatoms. The number of cyclic esters (lactones) is 1. The van der Waals surface area contributed by atoms with Crippen LogP contribution >= 0.6 is 0 Å². The first-order valence-corrected chi connectivity index (χ1v) is 18.1. The second-order valence-corrected chi connectivity index (χ2v) is 15.2. The molecule has 0 spiro atoms. The van der Waals surface area contributed by atoms with Gasteiger partial charge in [0.1, 0.15) is 23.7 Å². The van der Waals surface area contributed by atoms with Crippen molar-refractivity contribution in [1.82, 2.24) is 25.2 Å². The third-order valence-electron chi connectivity index (χ3n) is 9.69. The third-order valence-corrected chi connectivity index (χ3v) is 11.5. The maximum Gasteiger partial charge on any atom is 0.410 e. The normalized spacial score (nSPS) is 29.1. The van der Waals surface area contributed by atoms with Crippen LogP contribution in [0.1, 0.15) is 61.6 Å². The van der Waals surface area contributed by atoms with Crippen LogP contribution in [0, 0.1) is 5.92 Å². The molecule has 2 saturated carbocycles. The monoisotopic (exact) mass is 719 g/mol. The number of halogens is 2. The minimum absolute atomic E-state index is 0.0292. The zero-order valence-corrected chi connectivity index (χ0v) is 28.0. The van der Waals surface area contributed by atoms with Crippen molar-refractivity contribution >= 4 is 46.0 Å². The molecule has 3 aliphatic heterocycles. The van der Waals surface area contributed by atoms with Gasteiger partial charge in [0.05, 0.1) is 24.9 Å². The maximum absolute atomic E-state index is 13.9. The Labute approximate surface area is 287 Å². The number of allylic oxidation sites excluding steroid dienone is 1. The quantitative estimate of drug-likeness (QED) is 0.340. The van der Waals surface area contributed by atoms with E-state index in [2.05, 4.69) is 17.2 Å². The number of nitrogens with zero attached hydrogens (tertiary/aromatic N) is 2. The number of carbonyl (C=O) groups is 5. The fourth-order valence-electron chi connectivity index (χ4n) is 6.70. The first-order chi connectivity index (χ1) is 23.8. The van der Waals surface area contributed by atoms with Crippen LogP contribution < -0.4 is 15.4 Å². The van der Waals surface area contributed by atoms with Gasteiger partial charge in [0.25, 0.3) is 5.91 Å². The first kappa shape index (κ1) is 35.3. The third kappa shape index (κ3) is 7.46. The summed E-state index contributed by atoms with van der Waals surface area (Å²) >= 11 is 0. The molecule has 14 nitrogen and oxygen atoms in total. The van der Waals surface area contributed by atoms with Crippen LogP contribution in [-0.2, 0) is 47.0 Å². The number of nitrogens with one attached hydrogen (secondary N) is 3. The van der Waals surface area contributed by atoms with Gasteiger partial charge in [-0.25, -0.2) is 26.8 Å². The second-order valence-electron chi connectivity index (χ2n) is 13.3. The number of hydrogen-bond donors (Lipinski definition) is 3. The van der Waals surface area contributed by atoms with Crippen molar-refractivity contribution in [2.24, 2.45) is 5.92 Å². The molecule has 3 N–H and O–H groups in total. The zero-order valence-electron chi connectivity index (χ0n) is 27.1. The predicted octanol–water partition coefficient (Wildman–Crippen LogP) is 2.33. The maximum atomic E-state index is 13.9. The molecule has 6 rings (SSSR count). The Kier molecular flexibility index (Phi) is 9.88. The van der Waals surface area contributed by atoms with Gasteiger partial charge in [-0.15, -0.1) is 6.58 Å². The van der Waals surface area contributed by atoms with Crippen molar-refractivity contribution in [1.29, 1.82) is 0 Å². The van der Waals surface area contributed by atoms with Crippen LogP contribution in [0.4, 0.5) is 18.4 Å². The van der Waals surface area contributed by atoms with Crippen molar-refractivity contribution in [2.75, 3.05) is 13.2 Å². The molecule has 5 atom stereocenters. The van der Waals surface area contributed by atoms with Crippen molar-refractivity contribution in [2.45, 2.75) is 93.4 Å². The number of rotatable bonds is 8. The van der Waals surface area contributed by atoms with E-state index in [1.807, 2.05) is 35.1 Å². The summed E-state index contributed by atoms with van der Waals surface area (Å²) in [6.45, 7) is 3.74. The Bertz CT molecular complexity index is 1720. The number of fused-ring (bicyclic) bond motifs is 3. The molecule has 1 aromatic carbocycles.